The molecule has 0 atom stereocenters. The van der Waals surface area contributed by atoms with E-state index in [-0.39, 0.29) is 18.7 Å². The van der Waals surface area contributed by atoms with Gasteiger partial charge < -0.3 is 15.6 Å². The molecule has 1 aliphatic carbocycles. The predicted molar refractivity (Wildman–Crippen MR) is 147 cm³/mol. The Balaban J connectivity index is 1.33. The summed E-state index contributed by atoms with van der Waals surface area (Å²) in [7, 11) is 1.72. The zero-order valence-electron chi connectivity index (χ0n) is 22.2. The van der Waals surface area contributed by atoms with Gasteiger partial charge in [-0.25, -0.2) is 13.8 Å². The Hall–Kier alpha value is -4.34. The first-order valence-electron chi connectivity index (χ1n) is 12.8. The number of hydrogen-bond donors (Lipinski definition) is 2. The summed E-state index contributed by atoms with van der Waals surface area (Å²) in [6.07, 6.45) is 8.18. The number of carbonyl (C=O) groups excluding carboxylic acids is 1. The number of anilines is 1. The molecule has 1 aliphatic rings. The summed E-state index contributed by atoms with van der Waals surface area (Å²) in [5, 5.41) is 8.58. The zero-order valence-corrected chi connectivity index (χ0v) is 22.2. The van der Waals surface area contributed by atoms with Gasteiger partial charge in [-0.3, -0.25) is 14.5 Å². The normalized spacial score (nSPS) is 14.2. The van der Waals surface area contributed by atoms with Crippen molar-refractivity contribution in [1.29, 1.82) is 0 Å². The summed E-state index contributed by atoms with van der Waals surface area (Å²) in [4.78, 5) is 21.4. The van der Waals surface area contributed by atoms with Crippen LogP contribution in [0, 0.1) is 13.8 Å². The molecule has 3 N–H and O–H groups in total. The SMILES string of the molecule is CN=c1ccc(C2CC2)cn1/C=C/Cn1cc(C(=O)NCc2c(C)cc3c(N)nccc3c2C)c(C(F)F)n1. The number of aromatic nitrogens is 4. The van der Waals surface area contributed by atoms with E-state index in [0.717, 1.165) is 33.0 Å². The van der Waals surface area contributed by atoms with Crippen molar-refractivity contribution in [2.45, 2.75) is 52.1 Å². The highest BCUT2D eigenvalue weighted by Gasteiger charge is 2.24. The van der Waals surface area contributed by atoms with Crippen molar-refractivity contribution in [2.75, 3.05) is 12.8 Å². The summed E-state index contributed by atoms with van der Waals surface area (Å²) in [5.74, 6) is 0.424. The smallest absolute Gasteiger partial charge is 0.282 e. The first-order valence-corrected chi connectivity index (χ1v) is 12.8. The summed E-state index contributed by atoms with van der Waals surface area (Å²) in [5.41, 5.74) is 10.2. The fourth-order valence-electron chi connectivity index (χ4n) is 4.89. The van der Waals surface area contributed by atoms with E-state index >= 15 is 0 Å². The van der Waals surface area contributed by atoms with E-state index in [1.165, 1.54) is 29.3 Å². The summed E-state index contributed by atoms with van der Waals surface area (Å²) >= 11 is 0. The second-order valence-corrected chi connectivity index (χ2v) is 9.83. The molecule has 8 nitrogen and oxygen atoms in total. The first-order chi connectivity index (χ1) is 18.8. The minimum atomic E-state index is -2.88. The van der Waals surface area contributed by atoms with Crippen molar-refractivity contribution < 1.29 is 13.6 Å². The van der Waals surface area contributed by atoms with Crippen LogP contribution in [-0.2, 0) is 13.1 Å². The van der Waals surface area contributed by atoms with Gasteiger partial charge in [0.2, 0.25) is 0 Å². The Morgan fingerprint density at radius 3 is 2.74 bits per heavy atom. The number of pyridine rings is 2. The predicted octanol–water partition coefficient (Wildman–Crippen LogP) is 4.88. The number of halogens is 2. The Kier molecular flexibility index (Phi) is 7.28. The van der Waals surface area contributed by atoms with Crippen molar-refractivity contribution in [3.63, 3.8) is 0 Å². The van der Waals surface area contributed by atoms with Gasteiger partial charge in [0.25, 0.3) is 12.3 Å². The lowest BCUT2D eigenvalue weighted by Crippen LogP contribution is -2.24. The molecule has 1 aromatic carbocycles. The number of amides is 1. The molecule has 10 heteroatoms. The van der Waals surface area contributed by atoms with Crippen LogP contribution in [0.25, 0.3) is 17.0 Å². The van der Waals surface area contributed by atoms with E-state index in [1.807, 2.05) is 49.0 Å². The average molecular weight is 532 g/mol. The highest BCUT2D eigenvalue weighted by molar-refractivity contribution is 5.96. The minimum Gasteiger partial charge on any atom is -0.383 e. The topological polar surface area (TPSA) is 103 Å². The van der Waals surface area contributed by atoms with Crippen LogP contribution >= 0.6 is 0 Å². The molecule has 0 spiro atoms. The number of nitrogen functional groups attached to an aromatic ring is 1. The molecule has 5 rings (SSSR count). The fraction of sp³-hybridized carbons (Fsp3) is 0.310. The largest absolute Gasteiger partial charge is 0.383 e. The molecule has 0 unspecified atom stereocenters. The number of carbonyl (C=O) groups is 1. The van der Waals surface area contributed by atoms with Crippen LogP contribution in [0.2, 0.25) is 0 Å². The van der Waals surface area contributed by atoms with Gasteiger partial charge in [0.05, 0.1) is 12.1 Å². The molecule has 3 aromatic heterocycles. The van der Waals surface area contributed by atoms with Gasteiger partial charge in [-0.05, 0) is 84.5 Å². The van der Waals surface area contributed by atoms with Crippen molar-refractivity contribution in [3.8, 4) is 0 Å². The number of fused-ring (bicyclic) bond motifs is 1. The zero-order chi connectivity index (χ0) is 27.7. The molecule has 0 bridgehead atoms. The van der Waals surface area contributed by atoms with Crippen LogP contribution < -0.4 is 16.5 Å². The number of allylic oxidation sites excluding steroid dienone is 1. The van der Waals surface area contributed by atoms with Gasteiger partial charge in [0.1, 0.15) is 17.0 Å². The quantitative estimate of drug-likeness (QED) is 0.338. The molecule has 0 aliphatic heterocycles. The lowest BCUT2D eigenvalue weighted by atomic mass is 9.96. The minimum absolute atomic E-state index is 0.143. The monoisotopic (exact) mass is 531 g/mol. The summed E-state index contributed by atoms with van der Waals surface area (Å²) in [6, 6.07) is 7.85. The van der Waals surface area contributed by atoms with Crippen LogP contribution in [0.15, 0.2) is 53.9 Å². The second-order valence-electron chi connectivity index (χ2n) is 9.83. The Labute approximate surface area is 224 Å². The molecular weight excluding hydrogens is 500 g/mol. The van der Waals surface area contributed by atoms with Crippen molar-refractivity contribution in [2.24, 2.45) is 4.99 Å². The van der Waals surface area contributed by atoms with Crippen molar-refractivity contribution in [1.82, 2.24) is 24.6 Å². The number of benzene rings is 1. The summed E-state index contributed by atoms with van der Waals surface area (Å²) in [6.45, 7) is 4.26. The van der Waals surface area contributed by atoms with Crippen LogP contribution in [0.1, 0.15) is 63.5 Å². The van der Waals surface area contributed by atoms with Crippen LogP contribution in [-0.4, -0.2) is 32.3 Å². The maximum absolute atomic E-state index is 13.8. The Morgan fingerprint density at radius 2 is 2.03 bits per heavy atom. The maximum atomic E-state index is 13.8. The summed E-state index contributed by atoms with van der Waals surface area (Å²) < 4.78 is 30.9. The van der Waals surface area contributed by atoms with Crippen molar-refractivity contribution in [3.05, 3.63) is 87.9 Å². The van der Waals surface area contributed by atoms with E-state index < -0.39 is 18.0 Å². The average Bonchev–Trinajstić information content (AvgIpc) is 3.68. The number of nitrogens with zero attached hydrogens (tertiary/aromatic N) is 5. The van der Waals surface area contributed by atoms with Gasteiger partial charge in [-0.1, -0.05) is 6.07 Å². The number of nitrogens with one attached hydrogen (secondary N) is 1. The number of rotatable bonds is 8. The first kappa shape index (κ1) is 26.3. The van der Waals surface area contributed by atoms with Crippen LogP contribution in [0.4, 0.5) is 14.6 Å². The lowest BCUT2D eigenvalue weighted by Gasteiger charge is -2.15. The molecule has 1 fully saturated rings. The van der Waals surface area contributed by atoms with Gasteiger partial charge in [0.15, 0.2) is 0 Å². The third-order valence-corrected chi connectivity index (χ3v) is 7.20. The van der Waals surface area contributed by atoms with Crippen molar-refractivity contribution >= 4 is 28.7 Å². The van der Waals surface area contributed by atoms with E-state index in [9.17, 15) is 13.6 Å². The number of hydrogen-bond acceptors (Lipinski definition) is 5. The van der Waals surface area contributed by atoms with E-state index in [4.69, 9.17) is 5.73 Å². The van der Waals surface area contributed by atoms with Gasteiger partial charge in [-0.2, -0.15) is 5.10 Å². The van der Waals surface area contributed by atoms with E-state index in [2.05, 4.69) is 26.5 Å². The van der Waals surface area contributed by atoms with Crippen LogP contribution in [0.5, 0.6) is 0 Å². The van der Waals surface area contributed by atoms with Gasteiger partial charge in [0, 0.05) is 43.8 Å². The number of alkyl halides is 2. The highest BCUT2D eigenvalue weighted by Crippen LogP contribution is 2.39. The molecule has 1 saturated carbocycles. The van der Waals surface area contributed by atoms with E-state index in [1.54, 1.807) is 19.3 Å². The molecule has 4 aromatic rings. The molecule has 0 saturated heterocycles. The molecule has 39 heavy (non-hydrogen) atoms. The molecule has 1 amide bonds. The third-order valence-electron chi connectivity index (χ3n) is 7.20. The highest BCUT2D eigenvalue weighted by atomic mass is 19.3. The number of aryl methyl sites for hydroxylation is 2. The Bertz CT molecular complexity index is 1650. The standard InChI is InChI=1S/C29H31F2N7O/c1-17-13-22-21(9-10-34-28(22)32)18(2)23(17)14-35-29(39)24-16-38(36-26(24)27(30)31)12-4-11-37-15-20(19-5-6-19)7-8-25(37)33-3/h4,7-11,13,15-16,19,27H,5-6,12,14H2,1-3H3,(H2,32,34)(H,35,39)/b11-4+,33-25?. The third kappa shape index (κ3) is 5.45. The number of nitrogens with two attached hydrogens (primary N) is 1. The second kappa shape index (κ2) is 10.8. The molecule has 0 radical (unpaired) electrons. The van der Waals surface area contributed by atoms with Gasteiger partial charge in [-0.15, -0.1) is 0 Å². The molecule has 3 heterocycles. The maximum Gasteiger partial charge on any atom is 0.282 e. The Morgan fingerprint density at radius 1 is 1.23 bits per heavy atom. The van der Waals surface area contributed by atoms with Gasteiger partial charge >= 0.3 is 0 Å². The molecule has 202 valence electrons. The van der Waals surface area contributed by atoms with Crippen LogP contribution in [0.3, 0.4) is 0 Å². The fourth-order valence-corrected chi connectivity index (χ4v) is 4.89. The molecular formula is C29H31F2N7O. The lowest BCUT2D eigenvalue weighted by molar-refractivity contribution is 0.0936. The van der Waals surface area contributed by atoms with E-state index in [0.29, 0.717) is 11.7 Å².